The second-order valence-corrected chi connectivity index (χ2v) is 3.38. The van der Waals surface area contributed by atoms with Crippen LogP contribution in [0.5, 0.6) is 0 Å². The molecule has 0 aliphatic carbocycles. The van der Waals surface area contributed by atoms with Gasteiger partial charge in [0.05, 0.1) is 12.1 Å². The molecule has 2 atom stereocenters. The molecule has 76 valence electrons. The number of imide groups is 1. The average molecular weight is 196 g/mol. The molecule has 2 rings (SSSR count). The summed E-state index contributed by atoms with van der Waals surface area (Å²) in [6.07, 6.45) is 2.50. The van der Waals surface area contributed by atoms with Gasteiger partial charge >= 0.3 is 0 Å². The van der Waals surface area contributed by atoms with Gasteiger partial charge in [-0.1, -0.05) is 0 Å². The van der Waals surface area contributed by atoms with Crippen LogP contribution in [0.15, 0.2) is 12.2 Å². The zero-order valence-electron chi connectivity index (χ0n) is 7.90. The molecule has 0 spiro atoms. The van der Waals surface area contributed by atoms with Gasteiger partial charge in [0.15, 0.2) is 0 Å². The Labute approximate surface area is 81.7 Å². The number of hydrogen-bond donors (Lipinski definition) is 1. The Morgan fingerprint density at radius 3 is 2.57 bits per heavy atom. The van der Waals surface area contributed by atoms with Gasteiger partial charge in [-0.25, -0.2) is 0 Å². The van der Waals surface area contributed by atoms with Crippen molar-refractivity contribution in [1.82, 2.24) is 10.2 Å². The van der Waals surface area contributed by atoms with E-state index in [0.29, 0.717) is 13.1 Å². The molecule has 5 heteroatoms. The van der Waals surface area contributed by atoms with Gasteiger partial charge in [0.25, 0.3) is 11.8 Å². The third kappa shape index (κ3) is 1.34. The standard InChI is InChI=1S/C9H12N2O3/c1-14-7-5-10-4-6(7)11-8(12)2-3-9(11)13/h2-3,6-7,10H,4-5H2,1H3/t6?,7-/m0/s1. The van der Waals surface area contributed by atoms with E-state index in [1.54, 1.807) is 7.11 Å². The number of nitrogens with one attached hydrogen (secondary N) is 1. The Morgan fingerprint density at radius 1 is 1.36 bits per heavy atom. The lowest BCUT2D eigenvalue weighted by Gasteiger charge is -2.25. The number of carbonyl (C=O) groups is 2. The Hall–Kier alpha value is -1.20. The van der Waals surface area contributed by atoms with Crippen LogP contribution in [0.4, 0.5) is 0 Å². The van der Waals surface area contributed by atoms with Crippen molar-refractivity contribution in [2.45, 2.75) is 12.1 Å². The van der Waals surface area contributed by atoms with E-state index in [1.807, 2.05) is 0 Å². The fourth-order valence-corrected chi connectivity index (χ4v) is 1.88. The molecule has 1 saturated heterocycles. The molecule has 14 heavy (non-hydrogen) atoms. The maximum absolute atomic E-state index is 11.4. The van der Waals surface area contributed by atoms with Crippen LogP contribution in [0.3, 0.4) is 0 Å². The summed E-state index contributed by atoms with van der Waals surface area (Å²) >= 11 is 0. The summed E-state index contributed by atoms with van der Waals surface area (Å²) in [5.41, 5.74) is 0. The summed E-state index contributed by atoms with van der Waals surface area (Å²) in [6.45, 7) is 1.29. The smallest absolute Gasteiger partial charge is 0.254 e. The molecule has 1 fully saturated rings. The minimum Gasteiger partial charge on any atom is -0.378 e. The highest BCUT2D eigenvalue weighted by molar-refractivity contribution is 6.13. The van der Waals surface area contributed by atoms with E-state index in [9.17, 15) is 9.59 Å². The number of methoxy groups -OCH3 is 1. The summed E-state index contributed by atoms with van der Waals surface area (Å²) in [7, 11) is 1.59. The van der Waals surface area contributed by atoms with Crippen LogP contribution in [-0.4, -0.2) is 49.1 Å². The van der Waals surface area contributed by atoms with Crippen LogP contribution in [-0.2, 0) is 14.3 Å². The Kier molecular flexibility index (Phi) is 2.35. The maximum Gasteiger partial charge on any atom is 0.254 e. The van der Waals surface area contributed by atoms with Crippen molar-refractivity contribution < 1.29 is 14.3 Å². The molecule has 1 unspecified atom stereocenters. The lowest BCUT2D eigenvalue weighted by atomic mass is 10.2. The van der Waals surface area contributed by atoms with Crippen LogP contribution < -0.4 is 5.32 Å². The molecule has 2 aliphatic rings. The molecule has 0 radical (unpaired) electrons. The van der Waals surface area contributed by atoms with Crippen molar-refractivity contribution in [3.63, 3.8) is 0 Å². The minimum atomic E-state index is -0.245. The first-order valence-electron chi connectivity index (χ1n) is 4.53. The second-order valence-electron chi connectivity index (χ2n) is 3.38. The fraction of sp³-hybridized carbons (Fsp3) is 0.556. The van der Waals surface area contributed by atoms with E-state index >= 15 is 0 Å². The highest BCUT2D eigenvalue weighted by atomic mass is 16.5. The van der Waals surface area contributed by atoms with Crippen molar-refractivity contribution >= 4 is 11.8 Å². The number of nitrogens with zero attached hydrogens (tertiary/aromatic N) is 1. The molecule has 0 saturated carbocycles. The molecule has 5 nitrogen and oxygen atoms in total. The number of rotatable bonds is 2. The number of ether oxygens (including phenoxy) is 1. The zero-order chi connectivity index (χ0) is 10.1. The van der Waals surface area contributed by atoms with Crippen LogP contribution in [0.1, 0.15) is 0 Å². The van der Waals surface area contributed by atoms with E-state index < -0.39 is 0 Å². The van der Waals surface area contributed by atoms with Gasteiger partial charge in [-0.2, -0.15) is 0 Å². The largest absolute Gasteiger partial charge is 0.378 e. The lowest BCUT2D eigenvalue weighted by molar-refractivity contribution is -0.141. The van der Waals surface area contributed by atoms with E-state index in [-0.39, 0.29) is 24.0 Å². The number of hydrogen-bond acceptors (Lipinski definition) is 4. The Bertz CT molecular complexity index is 282. The lowest BCUT2D eigenvalue weighted by Crippen LogP contribution is -2.47. The molecule has 2 amide bonds. The van der Waals surface area contributed by atoms with Gasteiger partial charge < -0.3 is 10.1 Å². The van der Waals surface area contributed by atoms with Gasteiger partial charge in [0.2, 0.25) is 0 Å². The van der Waals surface area contributed by atoms with E-state index in [1.165, 1.54) is 17.1 Å². The monoisotopic (exact) mass is 196 g/mol. The fourth-order valence-electron chi connectivity index (χ4n) is 1.88. The maximum atomic E-state index is 11.4. The Balaban J connectivity index is 2.14. The third-order valence-corrected chi connectivity index (χ3v) is 2.61. The summed E-state index contributed by atoms with van der Waals surface area (Å²) in [4.78, 5) is 24.0. The first kappa shape index (κ1) is 9.36. The second kappa shape index (κ2) is 3.51. The summed E-state index contributed by atoms with van der Waals surface area (Å²) < 4.78 is 5.20. The summed E-state index contributed by atoms with van der Waals surface area (Å²) in [5, 5.41) is 3.09. The van der Waals surface area contributed by atoms with Gasteiger partial charge in [0.1, 0.15) is 0 Å². The van der Waals surface area contributed by atoms with Crippen molar-refractivity contribution in [1.29, 1.82) is 0 Å². The molecule has 0 aromatic heterocycles. The SMILES string of the molecule is CO[C@H]1CNCC1N1C(=O)C=CC1=O. The number of amides is 2. The molecule has 2 aliphatic heterocycles. The zero-order valence-corrected chi connectivity index (χ0v) is 7.90. The first-order chi connectivity index (χ1) is 6.74. The van der Waals surface area contributed by atoms with Crippen LogP contribution in [0, 0.1) is 0 Å². The van der Waals surface area contributed by atoms with Crippen LogP contribution in [0.25, 0.3) is 0 Å². The topological polar surface area (TPSA) is 58.6 Å². The molecule has 1 N–H and O–H groups in total. The Morgan fingerprint density at radius 2 is 2.00 bits per heavy atom. The van der Waals surface area contributed by atoms with Gasteiger partial charge in [-0.3, -0.25) is 14.5 Å². The predicted octanol–water partition coefficient (Wildman–Crippen LogP) is -1.10. The van der Waals surface area contributed by atoms with Crippen molar-refractivity contribution in [2.75, 3.05) is 20.2 Å². The van der Waals surface area contributed by atoms with E-state index in [0.717, 1.165) is 0 Å². The van der Waals surface area contributed by atoms with Crippen LogP contribution in [0.2, 0.25) is 0 Å². The molecule has 0 aromatic carbocycles. The summed E-state index contributed by atoms with van der Waals surface area (Å²) in [5.74, 6) is -0.489. The van der Waals surface area contributed by atoms with Gasteiger partial charge in [-0.05, 0) is 0 Å². The highest BCUT2D eigenvalue weighted by Crippen LogP contribution is 2.16. The normalized spacial score (nSPS) is 31.9. The molecule has 0 bridgehead atoms. The van der Waals surface area contributed by atoms with E-state index in [2.05, 4.69) is 5.32 Å². The average Bonchev–Trinajstić information content (AvgIpc) is 2.73. The molecule has 2 heterocycles. The molecular formula is C9H12N2O3. The van der Waals surface area contributed by atoms with Crippen molar-refractivity contribution in [2.24, 2.45) is 0 Å². The quantitative estimate of drug-likeness (QED) is 0.569. The third-order valence-electron chi connectivity index (χ3n) is 2.61. The van der Waals surface area contributed by atoms with E-state index in [4.69, 9.17) is 4.74 Å². The van der Waals surface area contributed by atoms with Gasteiger partial charge in [-0.15, -0.1) is 0 Å². The highest BCUT2D eigenvalue weighted by Gasteiger charge is 2.39. The van der Waals surface area contributed by atoms with Crippen molar-refractivity contribution in [3.05, 3.63) is 12.2 Å². The molecular weight excluding hydrogens is 184 g/mol. The predicted molar refractivity (Wildman–Crippen MR) is 48.4 cm³/mol. The van der Waals surface area contributed by atoms with Crippen molar-refractivity contribution in [3.8, 4) is 0 Å². The summed E-state index contributed by atoms with van der Waals surface area (Å²) in [6, 6.07) is -0.171. The van der Waals surface area contributed by atoms with Gasteiger partial charge in [0, 0.05) is 32.4 Å². The van der Waals surface area contributed by atoms with Crippen LogP contribution >= 0.6 is 0 Å². The minimum absolute atomic E-state index is 0.0946. The first-order valence-corrected chi connectivity index (χ1v) is 4.53. The molecule has 0 aromatic rings. The number of carbonyl (C=O) groups excluding carboxylic acids is 2.